The average molecular weight is 1020 g/mol. The lowest BCUT2D eigenvalue weighted by atomic mass is 10.0. The Balaban J connectivity index is 1.15. The van der Waals surface area contributed by atoms with Crippen molar-refractivity contribution in [1.29, 1.82) is 0 Å². The first kappa shape index (κ1) is 50.4. The van der Waals surface area contributed by atoms with Gasteiger partial charge in [0.2, 0.25) is 0 Å². The molecule has 0 unspecified atom stereocenters. The molecule has 0 saturated heterocycles. The molecule has 2 heterocycles. The Morgan fingerprint density at radius 3 is 1.18 bits per heavy atom. The van der Waals surface area contributed by atoms with Crippen molar-refractivity contribution in [2.45, 2.75) is 89.1 Å². The van der Waals surface area contributed by atoms with Gasteiger partial charge in [-0.15, -0.1) is 22.7 Å². The molecule has 0 fully saturated rings. The molecule has 6 aromatic rings. The van der Waals surface area contributed by atoms with Crippen LogP contribution in [0.2, 0.25) is 12.1 Å². The molecular weight excluding hydrogens is 965 g/mol. The minimum absolute atomic E-state index is 0.581. The van der Waals surface area contributed by atoms with Crippen LogP contribution in [0.5, 0.6) is 0 Å². The van der Waals surface area contributed by atoms with E-state index in [0.717, 1.165) is 58.8 Å². The Morgan fingerprint density at radius 1 is 0.452 bits per heavy atom. The van der Waals surface area contributed by atoms with E-state index in [1.165, 1.54) is 41.4 Å². The van der Waals surface area contributed by atoms with Crippen LogP contribution in [0.25, 0.3) is 41.6 Å². The van der Waals surface area contributed by atoms with Gasteiger partial charge in [-0.1, -0.05) is 48.5 Å². The number of benzene rings is 4. The highest BCUT2D eigenvalue weighted by molar-refractivity contribution is 9.41. The van der Waals surface area contributed by atoms with E-state index in [0.29, 0.717) is 39.6 Å². The highest BCUT2D eigenvalue weighted by atomic mass is 33.9. The first-order chi connectivity index (χ1) is 30.4. The Kier molecular flexibility index (Phi) is 21.4. The molecule has 0 amide bonds. The lowest BCUT2D eigenvalue weighted by Gasteiger charge is -2.28. The van der Waals surface area contributed by atoms with Gasteiger partial charge in [-0.2, -0.15) is 0 Å². The average Bonchev–Trinajstić information content (AvgIpc) is 3.90. The highest BCUT2D eigenvalue weighted by Gasteiger charge is 2.40. The van der Waals surface area contributed by atoms with Gasteiger partial charge >= 0.3 is 17.6 Å². The summed E-state index contributed by atoms with van der Waals surface area (Å²) < 4.78 is 39.5. The lowest BCUT2D eigenvalue weighted by Crippen LogP contribution is -2.46. The third kappa shape index (κ3) is 13.8. The van der Waals surface area contributed by atoms with Crippen LogP contribution in [0, 0.1) is 0 Å². The molecule has 0 atom stereocenters. The van der Waals surface area contributed by atoms with Crippen molar-refractivity contribution in [2.75, 3.05) is 39.6 Å². The van der Waals surface area contributed by atoms with Crippen LogP contribution in [0.1, 0.15) is 65.5 Å². The Morgan fingerprint density at radius 2 is 0.823 bits per heavy atom. The summed E-state index contributed by atoms with van der Waals surface area (Å²) in [6.45, 7) is 15.6. The molecule has 0 N–H and O–H groups in total. The van der Waals surface area contributed by atoms with Gasteiger partial charge in [0.15, 0.2) is 0 Å². The molecule has 2 aromatic heterocycles. The Labute approximate surface area is 400 Å². The molecule has 8 nitrogen and oxygen atoms in total. The summed E-state index contributed by atoms with van der Waals surface area (Å²) in [6.07, 6.45) is 3.57. The van der Waals surface area contributed by atoms with Gasteiger partial charge in [-0.05, 0) is 176 Å². The number of para-hydroxylation sites is 2. The Hall–Kier alpha value is -1.05. The van der Waals surface area contributed by atoms with Crippen molar-refractivity contribution in [1.82, 2.24) is 9.97 Å². The van der Waals surface area contributed by atoms with Crippen molar-refractivity contribution in [2.24, 2.45) is 0 Å². The van der Waals surface area contributed by atoms with E-state index in [2.05, 4.69) is 84.9 Å². The van der Waals surface area contributed by atoms with Crippen molar-refractivity contribution < 1.29 is 26.6 Å². The van der Waals surface area contributed by atoms with Gasteiger partial charge in [0.05, 0.1) is 20.4 Å². The zero-order chi connectivity index (χ0) is 43.6. The number of aryl methyl sites for hydroxylation is 2. The number of hydrogen-bond acceptors (Lipinski definition) is 16. The number of aromatic nitrogens is 2. The maximum Gasteiger partial charge on any atom is 0.500 e. The summed E-state index contributed by atoms with van der Waals surface area (Å²) in [6, 6.07) is 31.7. The van der Waals surface area contributed by atoms with Crippen LogP contribution in [0.15, 0.2) is 94.7 Å². The van der Waals surface area contributed by atoms with E-state index in [9.17, 15) is 0 Å². The van der Waals surface area contributed by atoms with Gasteiger partial charge in [-0.25, -0.2) is 9.97 Å². The summed E-state index contributed by atoms with van der Waals surface area (Å²) in [7, 11) is 5.26. The van der Waals surface area contributed by atoms with Gasteiger partial charge in [0.25, 0.3) is 0 Å². The van der Waals surface area contributed by atoms with Crippen LogP contribution in [0.3, 0.4) is 0 Å². The Bertz CT molecular complexity index is 2030. The van der Waals surface area contributed by atoms with Crippen molar-refractivity contribution >= 4 is 122 Å². The monoisotopic (exact) mass is 1020 g/mol. The first-order valence-electron chi connectivity index (χ1n) is 21.2. The summed E-state index contributed by atoms with van der Waals surface area (Å²) in [5.74, 6) is 0. The molecule has 0 saturated carbocycles. The third-order valence-corrected chi connectivity index (χ3v) is 28.6. The molecule has 0 radical (unpaired) electrons. The third-order valence-electron chi connectivity index (χ3n) is 9.62. The minimum Gasteiger partial charge on any atom is -0.374 e. The van der Waals surface area contributed by atoms with E-state index in [1.54, 1.807) is 83.6 Å². The van der Waals surface area contributed by atoms with E-state index < -0.39 is 17.6 Å². The second kappa shape index (κ2) is 26.3. The van der Waals surface area contributed by atoms with Crippen molar-refractivity contribution in [3.8, 4) is 21.1 Å². The van der Waals surface area contributed by atoms with Crippen LogP contribution >= 0.6 is 83.6 Å². The largest absolute Gasteiger partial charge is 0.500 e. The van der Waals surface area contributed by atoms with Gasteiger partial charge in [0, 0.05) is 72.6 Å². The zero-order valence-electron chi connectivity index (χ0n) is 36.2. The predicted molar refractivity (Wildman–Crippen MR) is 280 cm³/mol. The summed E-state index contributed by atoms with van der Waals surface area (Å²) in [5.41, 5.74) is 7.07. The van der Waals surface area contributed by atoms with E-state index in [1.807, 2.05) is 41.5 Å². The second-order valence-corrected chi connectivity index (χ2v) is 30.5. The molecular formula is C44H56N2O6S8Si2. The second-order valence-electron chi connectivity index (χ2n) is 13.7. The number of rotatable bonds is 29. The SMILES string of the molecule is CCO[Si](CCCc1cccc(SSSSSSc2cccc(CCC[Si](OCC)(OCC)OCC)c2-c2nc3ccccc3s2)c1-c1nc2ccccc2s1)(OCC)OCC. The fraction of sp³-hybridized carbons (Fsp3) is 0.409. The molecule has 18 heteroatoms. The van der Waals surface area contributed by atoms with Crippen molar-refractivity contribution in [3.63, 3.8) is 0 Å². The number of nitrogens with zero attached hydrogens (tertiary/aromatic N) is 2. The fourth-order valence-corrected chi connectivity index (χ4v) is 26.1. The molecule has 62 heavy (non-hydrogen) atoms. The summed E-state index contributed by atoms with van der Waals surface area (Å²) >= 11 is 3.52. The first-order valence-corrected chi connectivity index (χ1v) is 34.2. The molecule has 334 valence electrons. The van der Waals surface area contributed by atoms with Crippen LogP contribution in [-0.4, -0.2) is 67.2 Å². The number of hydrogen-bond donors (Lipinski definition) is 0. The fourth-order valence-electron chi connectivity index (χ4n) is 7.27. The lowest BCUT2D eigenvalue weighted by molar-refractivity contribution is 0.0700. The standard InChI is InChI=1S/C44H56N2O6S8Si2/c1-7-47-61(48-8-2,49-9-3)31-19-23-33-21-17-29-39(41(33)43-45-35-25-13-15-27-37(35)53-43)55-57-59-60-58-56-40-30-18-22-34(24-20-32-62(50-10-4,51-11-5)52-12-6)42(40)44-46-36-26-14-16-28-38(36)54-44/h13-18,21-22,25-30H,7-12,19-20,23-24,31-32H2,1-6H3. The smallest absolute Gasteiger partial charge is 0.374 e. The van der Waals surface area contributed by atoms with Gasteiger partial charge < -0.3 is 26.6 Å². The van der Waals surface area contributed by atoms with E-state index in [-0.39, 0.29) is 0 Å². The maximum absolute atomic E-state index is 6.19. The van der Waals surface area contributed by atoms with Gasteiger partial charge in [-0.3, -0.25) is 0 Å². The molecule has 6 rings (SSSR count). The van der Waals surface area contributed by atoms with Crippen LogP contribution in [-0.2, 0) is 39.4 Å². The minimum atomic E-state index is -2.75. The highest BCUT2D eigenvalue weighted by Crippen LogP contribution is 2.58. The summed E-state index contributed by atoms with van der Waals surface area (Å²) in [4.78, 5) is 12.7. The normalized spacial score (nSPS) is 12.3. The molecule has 0 aliphatic heterocycles. The number of thiazole rings is 2. The molecule has 0 aliphatic rings. The topological polar surface area (TPSA) is 81.2 Å². The summed E-state index contributed by atoms with van der Waals surface area (Å²) in [5, 5.41) is 2.11. The molecule has 0 spiro atoms. The molecule has 0 bridgehead atoms. The maximum atomic E-state index is 6.19. The van der Waals surface area contributed by atoms with Gasteiger partial charge in [0.1, 0.15) is 10.0 Å². The quantitative estimate of drug-likeness (QED) is 0.0254. The number of fused-ring (bicyclic) bond motifs is 2. The van der Waals surface area contributed by atoms with E-state index >= 15 is 0 Å². The zero-order valence-corrected chi connectivity index (χ0v) is 44.7. The molecule has 0 aliphatic carbocycles. The van der Waals surface area contributed by atoms with Crippen LogP contribution < -0.4 is 0 Å². The molecule has 4 aromatic carbocycles. The van der Waals surface area contributed by atoms with E-state index in [4.69, 9.17) is 36.5 Å². The predicted octanol–water partition coefficient (Wildman–Crippen LogP) is 15.6. The van der Waals surface area contributed by atoms with Crippen LogP contribution in [0.4, 0.5) is 0 Å². The van der Waals surface area contributed by atoms with Crippen molar-refractivity contribution in [3.05, 3.63) is 96.1 Å².